The van der Waals surface area contributed by atoms with Crippen LogP contribution >= 0.6 is 0 Å². The van der Waals surface area contributed by atoms with Gasteiger partial charge in [-0.2, -0.15) is 0 Å². The van der Waals surface area contributed by atoms with Gasteiger partial charge in [-0.05, 0) is 0 Å². The molecular formula is C13H23NO11. The van der Waals surface area contributed by atoms with E-state index in [2.05, 4.69) is 4.74 Å². The van der Waals surface area contributed by atoms with E-state index < -0.39 is 68.2 Å². The fraction of sp³-hybridized carbons (Fsp3) is 0.923. The first-order valence-electron chi connectivity index (χ1n) is 7.47. The number of aliphatic hydroxyl groups excluding tert-OH is 4. The van der Waals surface area contributed by atoms with Crippen LogP contribution in [0.25, 0.3) is 0 Å². The third-order valence-corrected chi connectivity index (χ3v) is 3.91. The summed E-state index contributed by atoms with van der Waals surface area (Å²) >= 11 is 0. The van der Waals surface area contributed by atoms with E-state index in [4.69, 9.17) is 29.4 Å². The van der Waals surface area contributed by atoms with Crippen LogP contribution in [0.15, 0.2) is 0 Å². The van der Waals surface area contributed by atoms with E-state index in [1.54, 1.807) is 0 Å². The number of nitrogens with two attached hydrogens (primary N) is 1. The van der Waals surface area contributed by atoms with Gasteiger partial charge < -0.3 is 54.6 Å². The Morgan fingerprint density at radius 2 is 1.76 bits per heavy atom. The molecule has 0 aliphatic carbocycles. The van der Waals surface area contributed by atoms with Gasteiger partial charge in [-0.3, -0.25) is 0 Å². The van der Waals surface area contributed by atoms with Crippen LogP contribution in [0, 0.1) is 0 Å². The van der Waals surface area contributed by atoms with Crippen LogP contribution in [0.3, 0.4) is 0 Å². The SMILES string of the molecule is COC(=O)C1OC(OC2C(CO)OC(OC)C(N)C2O)C(O)OC1O. The van der Waals surface area contributed by atoms with Crippen LogP contribution in [0.4, 0.5) is 0 Å². The number of hydrogen-bond donors (Lipinski definition) is 5. The van der Waals surface area contributed by atoms with E-state index in [1.807, 2.05) is 0 Å². The molecule has 0 spiro atoms. The van der Waals surface area contributed by atoms with Crippen LogP contribution in [-0.4, -0.2) is 103 Å². The van der Waals surface area contributed by atoms with Crippen LogP contribution < -0.4 is 5.73 Å². The summed E-state index contributed by atoms with van der Waals surface area (Å²) in [6, 6.07) is -1.01. The number of carbonyl (C=O) groups is 1. The van der Waals surface area contributed by atoms with Crippen molar-refractivity contribution in [2.24, 2.45) is 5.73 Å². The maximum Gasteiger partial charge on any atom is 0.340 e. The minimum absolute atomic E-state index is 0.555. The second-order valence-corrected chi connectivity index (χ2v) is 5.50. The molecule has 2 saturated heterocycles. The van der Waals surface area contributed by atoms with E-state index in [-0.39, 0.29) is 0 Å². The smallest absolute Gasteiger partial charge is 0.340 e. The highest BCUT2D eigenvalue weighted by atomic mass is 16.8. The first kappa shape index (κ1) is 20.4. The Kier molecular flexibility index (Phi) is 7.04. The number of aliphatic hydroxyl groups is 4. The molecule has 0 amide bonds. The molecule has 0 aromatic carbocycles. The molecule has 0 saturated carbocycles. The normalized spacial score (nSPS) is 45.2. The second-order valence-electron chi connectivity index (χ2n) is 5.50. The molecule has 0 bridgehead atoms. The van der Waals surface area contributed by atoms with Gasteiger partial charge in [-0.25, -0.2) is 4.79 Å². The van der Waals surface area contributed by atoms with Gasteiger partial charge in [-0.1, -0.05) is 0 Å². The topological polar surface area (TPSA) is 179 Å². The predicted molar refractivity (Wildman–Crippen MR) is 75.4 cm³/mol. The number of methoxy groups -OCH3 is 2. The highest BCUT2D eigenvalue weighted by Crippen LogP contribution is 2.27. The molecule has 2 heterocycles. The monoisotopic (exact) mass is 369 g/mol. The zero-order chi connectivity index (χ0) is 18.7. The summed E-state index contributed by atoms with van der Waals surface area (Å²) in [5, 5.41) is 39.2. The average molecular weight is 369 g/mol. The van der Waals surface area contributed by atoms with E-state index in [9.17, 15) is 25.2 Å². The van der Waals surface area contributed by atoms with Crippen molar-refractivity contribution in [3.63, 3.8) is 0 Å². The molecule has 9 unspecified atom stereocenters. The Morgan fingerprint density at radius 1 is 1.08 bits per heavy atom. The van der Waals surface area contributed by atoms with Gasteiger partial charge in [0.2, 0.25) is 18.7 Å². The lowest BCUT2D eigenvalue weighted by Gasteiger charge is -2.44. The lowest BCUT2D eigenvalue weighted by atomic mass is 9.97. The molecule has 2 fully saturated rings. The van der Waals surface area contributed by atoms with Crippen molar-refractivity contribution in [1.29, 1.82) is 0 Å². The number of ether oxygens (including phenoxy) is 6. The second kappa shape index (κ2) is 8.64. The van der Waals surface area contributed by atoms with Gasteiger partial charge in [0.15, 0.2) is 12.6 Å². The van der Waals surface area contributed by atoms with Crippen LogP contribution in [0.5, 0.6) is 0 Å². The number of hydrogen-bond acceptors (Lipinski definition) is 12. The highest BCUT2D eigenvalue weighted by Gasteiger charge is 2.49. The van der Waals surface area contributed by atoms with E-state index >= 15 is 0 Å². The van der Waals surface area contributed by atoms with E-state index in [0.717, 1.165) is 7.11 Å². The average Bonchev–Trinajstić information content (AvgIpc) is 2.60. The maximum atomic E-state index is 11.6. The molecule has 9 atom stereocenters. The van der Waals surface area contributed by atoms with Crippen molar-refractivity contribution < 1.29 is 53.6 Å². The minimum Gasteiger partial charge on any atom is -0.467 e. The standard InChI is InChI=1S/C13H23NO11/c1-20-9(17)8-10(18)25-11(19)13(24-8)23-7-4(3-15)22-12(21-2)5(14)6(7)16/h4-8,10-13,15-16,18-19H,3,14H2,1-2H3. The highest BCUT2D eigenvalue weighted by molar-refractivity contribution is 5.75. The van der Waals surface area contributed by atoms with Crippen molar-refractivity contribution in [2.45, 2.75) is 55.6 Å². The summed E-state index contributed by atoms with van der Waals surface area (Å²) in [7, 11) is 2.39. The molecule has 0 radical (unpaired) electrons. The number of carbonyl (C=O) groups excluding carboxylic acids is 1. The van der Waals surface area contributed by atoms with Gasteiger partial charge in [0, 0.05) is 7.11 Å². The molecule has 146 valence electrons. The molecule has 6 N–H and O–H groups in total. The molecule has 2 aliphatic rings. The third-order valence-electron chi connectivity index (χ3n) is 3.91. The Morgan fingerprint density at radius 3 is 2.32 bits per heavy atom. The summed E-state index contributed by atoms with van der Waals surface area (Å²) in [5.41, 5.74) is 5.79. The summed E-state index contributed by atoms with van der Waals surface area (Å²) in [5.74, 6) is -0.955. The molecule has 0 aromatic heterocycles. The molecule has 25 heavy (non-hydrogen) atoms. The number of rotatable bonds is 5. The van der Waals surface area contributed by atoms with Gasteiger partial charge in [0.1, 0.15) is 18.3 Å². The summed E-state index contributed by atoms with van der Waals surface area (Å²) < 4.78 is 30.1. The van der Waals surface area contributed by atoms with Gasteiger partial charge in [-0.15, -0.1) is 0 Å². The number of esters is 1. The first-order chi connectivity index (χ1) is 11.8. The molecule has 2 rings (SSSR count). The Bertz CT molecular complexity index is 450. The van der Waals surface area contributed by atoms with Crippen LogP contribution in [0.2, 0.25) is 0 Å². The zero-order valence-corrected chi connectivity index (χ0v) is 13.6. The molecule has 12 nitrogen and oxygen atoms in total. The summed E-state index contributed by atoms with van der Waals surface area (Å²) in [6.45, 7) is -0.555. The van der Waals surface area contributed by atoms with Crippen LogP contribution in [0.1, 0.15) is 0 Å². The van der Waals surface area contributed by atoms with Crippen molar-refractivity contribution in [2.75, 3.05) is 20.8 Å². The molecule has 0 aromatic rings. The van der Waals surface area contributed by atoms with Gasteiger partial charge >= 0.3 is 5.97 Å². The minimum atomic E-state index is -1.78. The van der Waals surface area contributed by atoms with Gasteiger partial charge in [0.25, 0.3) is 0 Å². The van der Waals surface area contributed by atoms with Gasteiger partial charge in [0.05, 0.1) is 19.8 Å². The Labute approximate surface area is 142 Å². The Hall–Kier alpha value is -0.930. The van der Waals surface area contributed by atoms with Crippen molar-refractivity contribution in [3.8, 4) is 0 Å². The van der Waals surface area contributed by atoms with Crippen molar-refractivity contribution in [3.05, 3.63) is 0 Å². The fourth-order valence-corrected chi connectivity index (χ4v) is 2.57. The first-order valence-corrected chi connectivity index (χ1v) is 7.47. The maximum absolute atomic E-state index is 11.6. The van der Waals surface area contributed by atoms with Crippen LogP contribution in [-0.2, 0) is 33.2 Å². The quantitative estimate of drug-likeness (QED) is 0.297. The molecule has 2 aliphatic heterocycles. The van der Waals surface area contributed by atoms with Crippen molar-refractivity contribution >= 4 is 5.97 Å². The third kappa shape index (κ3) is 4.25. The Balaban J connectivity index is 2.11. The van der Waals surface area contributed by atoms with E-state index in [0.29, 0.717) is 0 Å². The molecule has 12 heteroatoms. The largest absolute Gasteiger partial charge is 0.467 e. The van der Waals surface area contributed by atoms with E-state index in [1.165, 1.54) is 7.11 Å². The molecular weight excluding hydrogens is 346 g/mol. The zero-order valence-electron chi connectivity index (χ0n) is 13.6. The summed E-state index contributed by atoms with van der Waals surface area (Å²) in [6.07, 6.45) is -11.3. The lowest BCUT2D eigenvalue weighted by Crippen LogP contribution is -2.65. The van der Waals surface area contributed by atoms with Crippen molar-refractivity contribution in [1.82, 2.24) is 0 Å². The fourth-order valence-electron chi connectivity index (χ4n) is 2.57. The lowest BCUT2D eigenvalue weighted by molar-refractivity contribution is -0.399. The summed E-state index contributed by atoms with van der Waals surface area (Å²) in [4.78, 5) is 11.6. The predicted octanol–water partition coefficient (Wildman–Crippen LogP) is -4.03.